The highest BCUT2D eigenvalue weighted by atomic mass is 19.4. The van der Waals surface area contributed by atoms with E-state index < -0.39 is 12.8 Å². The van der Waals surface area contributed by atoms with Crippen molar-refractivity contribution in [3.8, 4) is 0 Å². The second-order valence-electron chi connectivity index (χ2n) is 3.38. The molecule has 0 aliphatic rings. The van der Waals surface area contributed by atoms with Gasteiger partial charge in [0.2, 0.25) is 0 Å². The van der Waals surface area contributed by atoms with Crippen LogP contribution in [0.3, 0.4) is 0 Å². The van der Waals surface area contributed by atoms with Crippen LogP contribution in [0.25, 0.3) is 0 Å². The van der Waals surface area contributed by atoms with E-state index in [0.29, 0.717) is 6.42 Å². The molecule has 4 heteroatoms. The summed E-state index contributed by atoms with van der Waals surface area (Å²) in [4.78, 5) is 0. The van der Waals surface area contributed by atoms with Gasteiger partial charge < -0.3 is 4.74 Å². The van der Waals surface area contributed by atoms with Gasteiger partial charge in [0.25, 0.3) is 0 Å². The van der Waals surface area contributed by atoms with E-state index in [0.717, 1.165) is 18.4 Å². The maximum atomic E-state index is 11.7. The molecule has 1 nitrogen and oxygen atoms in total. The van der Waals surface area contributed by atoms with Crippen LogP contribution in [-0.2, 0) is 4.74 Å². The number of halogens is 3. The van der Waals surface area contributed by atoms with E-state index in [9.17, 15) is 13.2 Å². The fourth-order valence-electron chi connectivity index (χ4n) is 1.03. The van der Waals surface area contributed by atoms with Gasteiger partial charge in [0, 0.05) is 6.61 Å². The standard InChI is InChI=1S/C12H17F3O/c1-3-4-7-11(2)8-5-6-9-16-10-12(13,14)15/h3-4,7H,1-2,5-6,8-10H2/b7-4-. The zero-order valence-electron chi connectivity index (χ0n) is 9.22. The van der Waals surface area contributed by atoms with Crippen molar-refractivity contribution >= 4 is 0 Å². The maximum absolute atomic E-state index is 11.7. The highest BCUT2D eigenvalue weighted by molar-refractivity contribution is 5.17. The molecule has 0 unspecified atom stereocenters. The Morgan fingerprint density at radius 1 is 1.25 bits per heavy atom. The van der Waals surface area contributed by atoms with Crippen molar-refractivity contribution in [1.82, 2.24) is 0 Å². The molecule has 0 aromatic rings. The van der Waals surface area contributed by atoms with Crippen LogP contribution in [-0.4, -0.2) is 19.4 Å². The monoisotopic (exact) mass is 234 g/mol. The third kappa shape index (κ3) is 11.0. The Hall–Kier alpha value is -1.03. The third-order valence-corrected chi connectivity index (χ3v) is 1.77. The molecule has 0 aromatic carbocycles. The Morgan fingerprint density at radius 2 is 1.94 bits per heavy atom. The van der Waals surface area contributed by atoms with Crippen LogP contribution in [0.5, 0.6) is 0 Å². The summed E-state index contributed by atoms with van der Waals surface area (Å²) in [6.45, 7) is 6.29. The van der Waals surface area contributed by atoms with E-state index >= 15 is 0 Å². The van der Waals surface area contributed by atoms with Gasteiger partial charge in [-0.25, -0.2) is 0 Å². The fraction of sp³-hybridized carbons (Fsp3) is 0.500. The quantitative estimate of drug-likeness (QED) is 0.455. The van der Waals surface area contributed by atoms with Crippen LogP contribution >= 0.6 is 0 Å². The van der Waals surface area contributed by atoms with Crippen molar-refractivity contribution < 1.29 is 17.9 Å². The second kappa shape index (κ2) is 8.16. The van der Waals surface area contributed by atoms with Crippen LogP contribution in [0.15, 0.2) is 37.0 Å². The van der Waals surface area contributed by atoms with Crippen molar-refractivity contribution in [1.29, 1.82) is 0 Å². The number of hydrogen-bond acceptors (Lipinski definition) is 1. The van der Waals surface area contributed by atoms with Crippen LogP contribution in [0, 0.1) is 0 Å². The first-order chi connectivity index (χ1) is 7.45. The van der Waals surface area contributed by atoms with Crippen LogP contribution in [0.4, 0.5) is 13.2 Å². The van der Waals surface area contributed by atoms with Gasteiger partial charge in [-0.05, 0) is 19.3 Å². The molecule has 92 valence electrons. The fourth-order valence-corrected chi connectivity index (χ4v) is 1.03. The molecule has 0 spiro atoms. The molecule has 0 rings (SSSR count). The average molecular weight is 234 g/mol. The van der Waals surface area contributed by atoms with Gasteiger partial charge in [-0.15, -0.1) is 0 Å². The van der Waals surface area contributed by atoms with Crippen LogP contribution in [0.1, 0.15) is 19.3 Å². The Kier molecular flexibility index (Phi) is 7.64. The summed E-state index contributed by atoms with van der Waals surface area (Å²) in [6, 6.07) is 0. The Balaban J connectivity index is 3.37. The minimum Gasteiger partial charge on any atom is -0.372 e. The summed E-state index contributed by atoms with van der Waals surface area (Å²) in [6.07, 6.45) is 3.19. The molecule has 0 radical (unpaired) electrons. The van der Waals surface area contributed by atoms with Crippen molar-refractivity contribution in [2.75, 3.05) is 13.2 Å². The van der Waals surface area contributed by atoms with Gasteiger partial charge in [-0.2, -0.15) is 13.2 Å². The molecule has 0 heterocycles. The van der Waals surface area contributed by atoms with E-state index in [1.165, 1.54) is 0 Å². The van der Waals surface area contributed by atoms with Crippen molar-refractivity contribution in [2.24, 2.45) is 0 Å². The normalized spacial score (nSPS) is 11.9. The minimum absolute atomic E-state index is 0.137. The van der Waals surface area contributed by atoms with Gasteiger partial charge in [0.15, 0.2) is 0 Å². The molecule has 0 aromatic heterocycles. The summed E-state index contributed by atoms with van der Waals surface area (Å²) >= 11 is 0. The summed E-state index contributed by atoms with van der Waals surface area (Å²) in [7, 11) is 0. The summed E-state index contributed by atoms with van der Waals surface area (Å²) in [5.74, 6) is 0. The molecule has 0 bridgehead atoms. The summed E-state index contributed by atoms with van der Waals surface area (Å²) in [5.41, 5.74) is 0.940. The summed E-state index contributed by atoms with van der Waals surface area (Å²) < 4.78 is 39.5. The predicted molar refractivity (Wildman–Crippen MR) is 59.2 cm³/mol. The average Bonchev–Trinajstić information content (AvgIpc) is 2.18. The van der Waals surface area contributed by atoms with E-state index in [4.69, 9.17) is 0 Å². The molecule has 0 saturated heterocycles. The van der Waals surface area contributed by atoms with Crippen LogP contribution in [0.2, 0.25) is 0 Å². The highest BCUT2D eigenvalue weighted by Gasteiger charge is 2.26. The topological polar surface area (TPSA) is 9.23 Å². The number of ether oxygens (including phenoxy) is 1. The molecular weight excluding hydrogens is 217 g/mol. The second-order valence-corrected chi connectivity index (χ2v) is 3.38. The van der Waals surface area contributed by atoms with E-state index in [2.05, 4.69) is 17.9 Å². The molecular formula is C12H17F3O. The van der Waals surface area contributed by atoms with E-state index in [1.54, 1.807) is 12.2 Å². The molecule has 0 fully saturated rings. The zero-order chi connectivity index (χ0) is 12.4. The van der Waals surface area contributed by atoms with Gasteiger partial charge in [-0.3, -0.25) is 0 Å². The number of unbranched alkanes of at least 4 members (excludes halogenated alkanes) is 1. The SMILES string of the molecule is C=C/C=C\C(=C)CCCCOCC(F)(F)F. The predicted octanol–water partition coefficient (Wildman–Crippen LogP) is 4.03. The molecule has 16 heavy (non-hydrogen) atoms. The lowest BCUT2D eigenvalue weighted by molar-refractivity contribution is -0.174. The van der Waals surface area contributed by atoms with Gasteiger partial charge >= 0.3 is 6.18 Å². The first kappa shape index (κ1) is 15.0. The highest BCUT2D eigenvalue weighted by Crippen LogP contribution is 2.15. The smallest absolute Gasteiger partial charge is 0.372 e. The Bertz CT molecular complexity index is 241. The molecule has 0 aliphatic carbocycles. The van der Waals surface area contributed by atoms with Crippen molar-refractivity contribution in [3.63, 3.8) is 0 Å². The third-order valence-electron chi connectivity index (χ3n) is 1.77. The zero-order valence-corrected chi connectivity index (χ0v) is 9.22. The van der Waals surface area contributed by atoms with Crippen molar-refractivity contribution in [3.05, 3.63) is 37.0 Å². The Labute approximate surface area is 94.3 Å². The molecule has 0 saturated carbocycles. The van der Waals surface area contributed by atoms with Crippen molar-refractivity contribution in [2.45, 2.75) is 25.4 Å². The molecule has 0 atom stereocenters. The maximum Gasteiger partial charge on any atom is 0.411 e. The Morgan fingerprint density at radius 3 is 2.50 bits per heavy atom. The van der Waals surface area contributed by atoms with Crippen LogP contribution < -0.4 is 0 Å². The minimum atomic E-state index is -4.23. The first-order valence-electron chi connectivity index (χ1n) is 5.07. The number of rotatable bonds is 8. The lowest BCUT2D eigenvalue weighted by Gasteiger charge is -2.07. The number of alkyl halides is 3. The lowest BCUT2D eigenvalue weighted by Crippen LogP contribution is -2.17. The summed E-state index contributed by atoms with van der Waals surface area (Å²) in [5, 5.41) is 0. The molecule has 0 aliphatic heterocycles. The molecule has 0 N–H and O–H groups in total. The van der Waals surface area contributed by atoms with E-state index in [-0.39, 0.29) is 6.61 Å². The van der Waals surface area contributed by atoms with E-state index in [1.807, 2.05) is 6.08 Å². The lowest BCUT2D eigenvalue weighted by atomic mass is 10.1. The molecule has 0 amide bonds. The number of allylic oxidation sites excluding steroid dienone is 4. The number of hydrogen-bond donors (Lipinski definition) is 0. The van der Waals surface area contributed by atoms with Gasteiger partial charge in [0.1, 0.15) is 6.61 Å². The van der Waals surface area contributed by atoms with Gasteiger partial charge in [-0.1, -0.05) is 37.0 Å². The first-order valence-corrected chi connectivity index (χ1v) is 5.07. The largest absolute Gasteiger partial charge is 0.411 e. The van der Waals surface area contributed by atoms with Gasteiger partial charge in [0.05, 0.1) is 0 Å².